The zero-order chi connectivity index (χ0) is 33.3. The highest BCUT2D eigenvalue weighted by molar-refractivity contribution is 6.03. The van der Waals surface area contributed by atoms with Gasteiger partial charge in [-0.2, -0.15) is 5.26 Å². The number of amides is 3. The number of halogens is 1. The maximum Gasteiger partial charge on any atom is 0.407 e. The van der Waals surface area contributed by atoms with Gasteiger partial charge in [0.15, 0.2) is 18.4 Å². The monoisotopic (exact) mass is 629 g/mol. The molecule has 3 amide bonds. The number of anilines is 1. The molecule has 13 heteroatoms. The zero-order valence-corrected chi connectivity index (χ0v) is 25.6. The normalized spacial score (nSPS) is 10.9. The van der Waals surface area contributed by atoms with Crippen LogP contribution >= 0.6 is 0 Å². The van der Waals surface area contributed by atoms with Gasteiger partial charge in [-0.05, 0) is 68.8 Å². The Morgan fingerprint density at radius 3 is 2.46 bits per heavy atom. The number of furan rings is 1. The van der Waals surface area contributed by atoms with Crippen LogP contribution in [-0.4, -0.2) is 55.5 Å². The van der Waals surface area contributed by atoms with Crippen LogP contribution in [0.2, 0.25) is 0 Å². The molecule has 12 nitrogen and oxygen atoms in total. The first-order valence-electron chi connectivity index (χ1n) is 14.1. The van der Waals surface area contributed by atoms with Crippen molar-refractivity contribution in [3.05, 3.63) is 89.6 Å². The van der Waals surface area contributed by atoms with E-state index >= 15 is 0 Å². The fourth-order valence-electron chi connectivity index (χ4n) is 4.23. The van der Waals surface area contributed by atoms with Crippen molar-refractivity contribution < 1.29 is 37.4 Å². The van der Waals surface area contributed by atoms with Crippen molar-refractivity contribution in [2.75, 3.05) is 32.3 Å². The van der Waals surface area contributed by atoms with Crippen molar-refractivity contribution >= 4 is 23.7 Å². The Morgan fingerprint density at radius 1 is 0.978 bits per heavy atom. The minimum absolute atomic E-state index is 0.00393. The van der Waals surface area contributed by atoms with Crippen LogP contribution in [0.1, 0.15) is 47.2 Å². The molecule has 0 aliphatic heterocycles. The first-order valence-corrected chi connectivity index (χ1v) is 14.1. The summed E-state index contributed by atoms with van der Waals surface area (Å²) in [5.41, 5.74) is 0.982. The fourth-order valence-corrected chi connectivity index (χ4v) is 4.23. The van der Waals surface area contributed by atoms with Crippen LogP contribution in [0.4, 0.5) is 15.0 Å². The maximum absolute atomic E-state index is 14.2. The lowest BCUT2D eigenvalue weighted by atomic mass is 9.96. The summed E-state index contributed by atoms with van der Waals surface area (Å²) in [5.74, 6) is -1.64. The van der Waals surface area contributed by atoms with Gasteiger partial charge in [-0.1, -0.05) is 12.1 Å². The molecular weight excluding hydrogens is 597 g/mol. The van der Waals surface area contributed by atoms with E-state index in [1.54, 1.807) is 51.1 Å². The molecule has 46 heavy (non-hydrogen) atoms. The largest absolute Gasteiger partial charge is 0.467 e. The van der Waals surface area contributed by atoms with E-state index in [1.807, 2.05) is 0 Å². The van der Waals surface area contributed by atoms with Gasteiger partial charge < -0.3 is 34.6 Å². The van der Waals surface area contributed by atoms with Crippen LogP contribution in [0.5, 0.6) is 5.75 Å². The van der Waals surface area contributed by atoms with Crippen LogP contribution in [0.25, 0.3) is 22.4 Å². The van der Waals surface area contributed by atoms with Crippen LogP contribution in [-0.2, 0) is 9.47 Å². The Hall–Kier alpha value is -5.74. The molecule has 238 valence electrons. The second-order valence-electron chi connectivity index (χ2n) is 10.8. The quantitative estimate of drug-likeness (QED) is 0.143. The molecule has 0 bridgehead atoms. The van der Waals surface area contributed by atoms with Crippen LogP contribution in [0.3, 0.4) is 0 Å². The summed E-state index contributed by atoms with van der Waals surface area (Å²) >= 11 is 0. The molecule has 0 radical (unpaired) electrons. The third-order valence-corrected chi connectivity index (χ3v) is 6.17. The Balaban J connectivity index is 1.69. The number of methoxy groups -OCH3 is 1. The van der Waals surface area contributed by atoms with E-state index in [1.165, 1.54) is 37.6 Å². The summed E-state index contributed by atoms with van der Waals surface area (Å²) in [6.45, 7) is 5.32. The average Bonchev–Trinajstić information content (AvgIpc) is 3.56. The number of carbonyl (C=O) groups excluding carboxylic acids is 3. The van der Waals surface area contributed by atoms with Gasteiger partial charge in [0.1, 0.15) is 28.8 Å². The van der Waals surface area contributed by atoms with Gasteiger partial charge in [-0.3, -0.25) is 9.59 Å². The number of nitriles is 1. The summed E-state index contributed by atoms with van der Waals surface area (Å²) in [7, 11) is 1.42. The predicted molar refractivity (Wildman–Crippen MR) is 166 cm³/mol. The number of carbonyl (C=O) groups is 3. The summed E-state index contributed by atoms with van der Waals surface area (Å²) < 4.78 is 35.1. The number of nitrogens with one attached hydrogen (secondary N) is 3. The standard InChI is InChI=1S/C33H32FN5O7/c1-33(2,3)46-32(42)37-13-12-36-30(40)21-8-5-7-20(15-21)24-17-26(23-11-10-22(34)16-28(23)45-19-43-4)38-29(25(24)18-35)39-31(41)27-9-6-14-44-27/h5-11,14-17H,12-13,19H2,1-4H3,(H,36,40)(H,37,42)(H,38,39,41). The fraction of sp³-hybridized carbons (Fsp3) is 0.242. The third-order valence-electron chi connectivity index (χ3n) is 6.17. The van der Waals surface area contributed by atoms with E-state index in [9.17, 15) is 24.0 Å². The van der Waals surface area contributed by atoms with E-state index in [-0.39, 0.29) is 54.0 Å². The number of benzene rings is 2. The van der Waals surface area contributed by atoms with Crippen molar-refractivity contribution in [3.63, 3.8) is 0 Å². The third kappa shape index (κ3) is 8.67. The highest BCUT2D eigenvalue weighted by Crippen LogP contribution is 2.36. The van der Waals surface area contributed by atoms with Crippen LogP contribution in [0.15, 0.2) is 71.3 Å². The van der Waals surface area contributed by atoms with Crippen molar-refractivity contribution in [3.8, 4) is 34.2 Å². The van der Waals surface area contributed by atoms with Crippen molar-refractivity contribution in [2.45, 2.75) is 26.4 Å². The smallest absolute Gasteiger partial charge is 0.407 e. The summed E-state index contributed by atoms with van der Waals surface area (Å²) in [6, 6.07) is 17.0. The number of hydrogen-bond donors (Lipinski definition) is 3. The lowest BCUT2D eigenvalue weighted by molar-refractivity contribution is 0.0512. The first-order chi connectivity index (χ1) is 22.0. The van der Waals surface area contributed by atoms with Gasteiger partial charge in [-0.15, -0.1) is 0 Å². The second-order valence-corrected chi connectivity index (χ2v) is 10.8. The van der Waals surface area contributed by atoms with Crippen LogP contribution in [0, 0.1) is 17.1 Å². The molecule has 2 aromatic carbocycles. The van der Waals surface area contributed by atoms with E-state index in [4.69, 9.17) is 18.6 Å². The van der Waals surface area contributed by atoms with Gasteiger partial charge in [0, 0.05) is 43.0 Å². The number of pyridine rings is 1. The lowest BCUT2D eigenvalue weighted by Gasteiger charge is -2.19. The Bertz CT molecular complexity index is 1760. The van der Waals surface area contributed by atoms with Gasteiger partial charge >= 0.3 is 6.09 Å². The molecule has 4 aromatic rings. The molecule has 0 fully saturated rings. The highest BCUT2D eigenvalue weighted by atomic mass is 19.1. The molecule has 2 heterocycles. The van der Waals surface area contributed by atoms with Crippen molar-refractivity contribution in [1.82, 2.24) is 15.6 Å². The van der Waals surface area contributed by atoms with Crippen LogP contribution < -0.4 is 20.7 Å². The molecule has 0 saturated carbocycles. The number of aromatic nitrogens is 1. The average molecular weight is 630 g/mol. The summed E-state index contributed by atoms with van der Waals surface area (Å²) in [4.78, 5) is 42.3. The van der Waals surface area contributed by atoms with E-state index in [0.717, 1.165) is 6.07 Å². The molecular formula is C33H32FN5O7. The Morgan fingerprint density at radius 2 is 1.76 bits per heavy atom. The van der Waals surface area contributed by atoms with E-state index in [2.05, 4.69) is 27.0 Å². The van der Waals surface area contributed by atoms with Gasteiger partial charge in [0.2, 0.25) is 0 Å². The topological polar surface area (TPSA) is 165 Å². The summed E-state index contributed by atoms with van der Waals surface area (Å²) in [5, 5.41) is 18.2. The van der Waals surface area contributed by atoms with E-state index in [0.29, 0.717) is 16.7 Å². The number of ether oxygens (including phenoxy) is 3. The molecule has 0 aliphatic carbocycles. The molecule has 0 atom stereocenters. The number of rotatable bonds is 11. The molecule has 0 aliphatic rings. The maximum atomic E-state index is 14.2. The lowest BCUT2D eigenvalue weighted by Crippen LogP contribution is -2.37. The van der Waals surface area contributed by atoms with Crippen molar-refractivity contribution in [2.24, 2.45) is 0 Å². The molecule has 2 aromatic heterocycles. The van der Waals surface area contributed by atoms with Crippen molar-refractivity contribution in [1.29, 1.82) is 5.26 Å². The Labute approximate surface area is 264 Å². The SMILES string of the molecule is COCOc1cc(F)ccc1-c1cc(-c2cccc(C(=O)NCCNC(=O)OC(C)(C)C)c2)c(C#N)c(NC(=O)c2ccco2)n1. The number of alkyl carbamates (subject to hydrolysis) is 1. The minimum atomic E-state index is -0.653. The minimum Gasteiger partial charge on any atom is -0.467 e. The molecule has 3 N–H and O–H groups in total. The zero-order valence-electron chi connectivity index (χ0n) is 25.6. The highest BCUT2D eigenvalue weighted by Gasteiger charge is 2.22. The van der Waals surface area contributed by atoms with Gasteiger partial charge in [0.05, 0.1) is 12.0 Å². The second kappa shape index (κ2) is 14.8. The predicted octanol–water partition coefficient (Wildman–Crippen LogP) is 5.51. The number of hydrogen-bond acceptors (Lipinski definition) is 9. The molecule has 4 rings (SSSR count). The molecule has 0 saturated heterocycles. The van der Waals surface area contributed by atoms with Gasteiger partial charge in [-0.25, -0.2) is 14.2 Å². The first kappa shape index (κ1) is 33.2. The molecule has 0 unspecified atom stereocenters. The Kier molecular flexibility index (Phi) is 10.7. The van der Waals surface area contributed by atoms with Gasteiger partial charge in [0.25, 0.3) is 11.8 Å². The summed E-state index contributed by atoms with van der Waals surface area (Å²) in [6.07, 6.45) is 0.727. The number of nitrogens with zero attached hydrogens (tertiary/aromatic N) is 2. The van der Waals surface area contributed by atoms with E-state index < -0.39 is 29.3 Å². The molecule has 0 spiro atoms.